The highest BCUT2D eigenvalue weighted by Crippen LogP contribution is 2.29. The molecule has 0 atom stereocenters. The minimum atomic E-state index is -0.307. The molecular weight excluding hydrogens is 401 g/mol. The van der Waals surface area contributed by atoms with Gasteiger partial charge in [0.05, 0.1) is 5.69 Å². The number of rotatable bonds is 6. The molecule has 1 heterocycles. The Morgan fingerprint density at radius 1 is 1.00 bits per heavy atom. The van der Waals surface area contributed by atoms with Crippen molar-refractivity contribution < 1.29 is 14.0 Å². The highest BCUT2D eigenvalue weighted by atomic mass is 32.1. The van der Waals surface area contributed by atoms with Gasteiger partial charge in [-0.15, -0.1) is 11.3 Å². The van der Waals surface area contributed by atoms with Crippen molar-refractivity contribution in [1.29, 1.82) is 0 Å². The molecule has 0 saturated carbocycles. The van der Waals surface area contributed by atoms with Gasteiger partial charge in [-0.3, -0.25) is 9.59 Å². The minimum absolute atomic E-state index is 0.0569. The van der Waals surface area contributed by atoms with Crippen molar-refractivity contribution in [2.75, 3.05) is 20.6 Å². The van der Waals surface area contributed by atoms with Crippen LogP contribution in [0, 0.1) is 12.7 Å². The highest BCUT2D eigenvalue weighted by Gasteiger charge is 2.21. The lowest BCUT2D eigenvalue weighted by Gasteiger charge is -2.21. The summed E-state index contributed by atoms with van der Waals surface area (Å²) in [5.74, 6) is -0.452. The zero-order chi connectivity index (χ0) is 21.8. The topological polar surface area (TPSA) is 53.5 Å². The fraction of sp³-hybridized carbons (Fsp3) is 0.261. The first-order valence-electron chi connectivity index (χ1n) is 9.63. The Morgan fingerprint density at radius 2 is 1.63 bits per heavy atom. The van der Waals surface area contributed by atoms with Crippen LogP contribution in [0.2, 0.25) is 0 Å². The van der Waals surface area contributed by atoms with Crippen molar-refractivity contribution in [3.63, 3.8) is 0 Å². The molecule has 0 aliphatic rings. The molecule has 2 aromatic carbocycles. The van der Waals surface area contributed by atoms with Gasteiger partial charge in [0.25, 0.3) is 11.8 Å². The van der Waals surface area contributed by atoms with Crippen molar-refractivity contribution in [3.05, 3.63) is 76.0 Å². The molecule has 1 aromatic heterocycles. The number of benzene rings is 2. The monoisotopic (exact) mass is 425 g/mol. The molecule has 0 aliphatic heterocycles. The molecule has 0 spiro atoms. The van der Waals surface area contributed by atoms with E-state index in [2.05, 4.69) is 4.98 Å². The van der Waals surface area contributed by atoms with Gasteiger partial charge in [0.2, 0.25) is 0 Å². The van der Waals surface area contributed by atoms with Crippen molar-refractivity contribution in [1.82, 2.24) is 14.8 Å². The summed E-state index contributed by atoms with van der Waals surface area (Å²) in [4.78, 5) is 33.5. The largest absolute Gasteiger partial charge is 0.345 e. The minimum Gasteiger partial charge on any atom is -0.345 e. The van der Waals surface area contributed by atoms with Gasteiger partial charge in [0.1, 0.15) is 15.7 Å². The van der Waals surface area contributed by atoms with E-state index in [0.29, 0.717) is 34.2 Å². The second-order valence-corrected chi connectivity index (χ2v) is 8.16. The van der Waals surface area contributed by atoms with E-state index in [1.54, 1.807) is 43.3 Å². The van der Waals surface area contributed by atoms with E-state index in [-0.39, 0.29) is 17.6 Å². The van der Waals surface area contributed by atoms with E-state index in [9.17, 15) is 14.0 Å². The van der Waals surface area contributed by atoms with Gasteiger partial charge in [0.15, 0.2) is 0 Å². The summed E-state index contributed by atoms with van der Waals surface area (Å²) < 4.78 is 13.2. The van der Waals surface area contributed by atoms with E-state index in [1.807, 2.05) is 26.0 Å². The molecule has 0 radical (unpaired) electrons. The molecule has 2 amide bonds. The van der Waals surface area contributed by atoms with Gasteiger partial charge >= 0.3 is 0 Å². The van der Waals surface area contributed by atoms with Gasteiger partial charge in [-0.05, 0) is 55.8 Å². The average molecular weight is 426 g/mol. The number of amides is 2. The summed E-state index contributed by atoms with van der Waals surface area (Å²) in [6.45, 7) is 4.72. The molecule has 3 aromatic rings. The number of thiazole rings is 1. The maximum atomic E-state index is 13.2. The van der Waals surface area contributed by atoms with Crippen LogP contribution in [0.4, 0.5) is 4.39 Å². The number of hydrogen-bond donors (Lipinski definition) is 0. The number of aryl methyl sites for hydroxylation is 1. The third-order valence-electron chi connectivity index (χ3n) is 4.73. The van der Waals surface area contributed by atoms with Crippen LogP contribution < -0.4 is 0 Å². The van der Waals surface area contributed by atoms with Crippen LogP contribution in [0.25, 0.3) is 10.6 Å². The lowest BCUT2D eigenvalue weighted by atomic mass is 10.1. The first-order chi connectivity index (χ1) is 14.3. The normalized spacial score (nSPS) is 10.7. The molecule has 156 valence electrons. The van der Waals surface area contributed by atoms with Crippen LogP contribution in [0.15, 0.2) is 48.5 Å². The summed E-state index contributed by atoms with van der Waals surface area (Å²) in [6.07, 6.45) is 0. The number of aromatic nitrogens is 1. The van der Waals surface area contributed by atoms with E-state index in [4.69, 9.17) is 0 Å². The van der Waals surface area contributed by atoms with E-state index in [1.165, 1.54) is 28.4 Å². The zero-order valence-corrected chi connectivity index (χ0v) is 18.3. The van der Waals surface area contributed by atoms with Crippen molar-refractivity contribution >= 4 is 23.2 Å². The van der Waals surface area contributed by atoms with Crippen LogP contribution in [0.3, 0.4) is 0 Å². The second-order valence-electron chi connectivity index (χ2n) is 7.16. The Kier molecular flexibility index (Phi) is 6.62. The molecule has 3 rings (SSSR count). The number of hydrogen-bond acceptors (Lipinski definition) is 4. The van der Waals surface area contributed by atoms with Crippen molar-refractivity contribution in [3.8, 4) is 10.6 Å². The van der Waals surface area contributed by atoms with Gasteiger partial charge in [0, 0.05) is 38.3 Å². The molecule has 0 aliphatic carbocycles. The van der Waals surface area contributed by atoms with Crippen LogP contribution in [-0.2, 0) is 6.54 Å². The predicted molar refractivity (Wildman–Crippen MR) is 117 cm³/mol. The molecule has 0 N–H and O–H groups in total. The molecule has 5 nitrogen and oxygen atoms in total. The van der Waals surface area contributed by atoms with Gasteiger partial charge < -0.3 is 9.80 Å². The highest BCUT2D eigenvalue weighted by molar-refractivity contribution is 7.17. The van der Waals surface area contributed by atoms with Gasteiger partial charge in [-0.25, -0.2) is 9.37 Å². The molecule has 0 bridgehead atoms. The Labute approximate surface area is 179 Å². The number of halogens is 1. The smallest absolute Gasteiger partial charge is 0.266 e. The third kappa shape index (κ3) is 4.74. The third-order valence-corrected chi connectivity index (χ3v) is 5.93. The standard InChI is InChI=1S/C23H24FN3O2S/c1-5-27(14-16-6-8-18(9-7-16)22(28)26(3)4)23(29)20-15(2)25-21(30-20)17-10-12-19(24)13-11-17/h6-13H,5,14H2,1-4H3. The summed E-state index contributed by atoms with van der Waals surface area (Å²) >= 11 is 1.32. The van der Waals surface area contributed by atoms with Gasteiger partial charge in [-0.2, -0.15) is 0 Å². The van der Waals surface area contributed by atoms with Crippen molar-refractivity contribution in [2.24, 2.45) is 0 Å². The summed E-state index contributed by atoms with van der Waals surface area (Å²) in [6, 6.07) is 13.4. The lowest BCUT2D eigenvalue weighted by Crippen LogP contribution is -2.30. The maximum absolute atomic E-state index is 13.2. The summed E-state index contributed by atoms with van der Waals surface area (Å²) in [5.41, 5.74) is 3.00. The second kappa shape index (κ2) is 9.17. The van der Waals surface area contributed by atoms with Crippen LogP contribution in [-0.4, -0.2) is 47.2 Å². The Hall–Kier alpha value is -3.06. The summed E-state index contributed by atoms with van der Waals surface area (Å²) in [5, 5.41) is 0.693. The number of carbonyl (C=O) groups is 2. The Balaban J connectivity index is 1.78. The van der Waals surface area contributed by atoms with E-state index >= 15 is 0 Å². The van der Waals surface area contributed by atoms with Crippen LogP contribution in [0.1, 0.15) is 38.2 Å². The number of nitrogens with zero attached hydrogens (tertiary/aromatic N) is 3. The maximum Gasteiger partial charge on any atom is 0.266 e. The summed E-state index contributed by atoms with van der Waals surface area (Å²) in [7, 11) is 3.43. The molecule has 7 heteroatoms. The fourth-order valence-corrected chi connectivity index (χ4v) is 4.05. The molecule has 0 fully saturated rings. The van der Waals surface area contributed by atoms with Crippen molar-refractivity contribution in [2.45, 2.75) is 20.4 Å². The number of carbonyl (C=O) groups excluding carboxylic acids is 2. The van der Waals surface area contributed by atoms with Crippen LogP contribution >= 0.6 is 11.3 Å². The van der Waals surface area contributed by atoms with E-state index < -0.39 is 0 Å². The lowest BCUT2D eigenvalue weighted by molar-refractivity contribution is 0.0755. The first-order valence-corrected chi connectivity index (χ1v) is 10.4. The quantitative estimate of drug-likeness (QED) is 0.579. The average Bonchev–Trinajstić information content (AvgIpc) is 3.13. The molecule has 0 saturated heterocycles. The Bertz CT molecular complexity index is 1040. The molecule has 30 heavy (non-hydrogen) atoms. The fourth-order valence-electron chi connectivity index (χ4n) is 3.01. The Morgan fingerprint density at radius 3 is 2.20 bits per heavy atom. The zero-order valence-electron chi connectivity index (χ0n) is 17.5. The van der Waals surface area contributed by atoms with Crippen LogP contribution in [0.5, 0.6) is 0 Å². The molecular formula is C23H24FN3O2S. The first kappa shape index (κ1) is 21.6. The molecule has 0 unspecified atom stereocenters. The van der Waals surface area contributed by atoms with E-state index in [0.717, 1.165) is 11.1 Å². The predicted octanol–water partition coefficient (Wildman–Crippen LogP) is 4.62. The van der Waals surface area contributed by atoms with Gasteiger partial charge in [-0.1, -0.05) is 12.1 Å². The SMILES string of the molecule is CCN(Cc1ccc(C(=O)N(C)C)cc1)C(=O)c1sc(-c2ccc(F)cc2)nc1C.